The second-order valence-corrected chi connectivity index (χ2v) is 5.68. The first kappa shape index (κ1) is 13.5. The van der Waals surface area contributed by atoms with Gasteiger partial charge in [0.2, 0.25) is 5.91 Å². The van der Waals surface area contributed by atoms with E-state index in [1.165, 1.54) is 19.3 Å². The summed E-state index contributed by atoms with van der Waals surface area (Å²) in [4.78, 5) is 11.8. The van der Waals surface area contributed by atoms with Gasteiger partial charge in [-0.05, 0) is 30.6 Å². The number of carbonyl (C=O) groups is 1. The van der Waals surface area contributed by atoms with Crippen LogP contribution in [0, 0.1) is 17.3 Å². The van der Waals surface area contributed by atoms with Gasteiger partial charge in [-0.3, -0.25) is 4.79 Å². The maximum absolute atomic E-state index is 11.8. The summed E-state index contributed by atoms with van der Waals surface area (Å²) < 4.78 is 0. The third kappa shape index (κ3) is 3.21. The summed E-state index contributed by atoms with van der Waals surface area (Å²) in [7, 11) is 0. The van der Waals surface area contributed by atoms with Crippen molar-refractivity contribution in [3.8, 4) is 0 Å². The number of hydrogen-bond donors (Lipinski definition) is 2. The lowest BCUT2D eigenvalue weighted by Crippen LogP contribution is -2.44. The molecule has 1 atom stereocenters. The van der Waals surface area contributed by atoms with Crippen molar-refractivity contribution in [1.29, 1.82) is 0 Å². The average molecular weight is 226 g/mol. The summed E-state index contributed by atoms with van der Waals surface area (Å²) in [6.45, 7) is 7.74. The van der Waals surface area contributed by atoms with Crippen LogP contribution >= 0.6 is 0 Å². The zero-order chi connectivity index (χ0) is 12.2. The van der Waals surface area contributed by atoms with Gasteiger partial charge in [0.25, 0.3) is 0 Å². The molecule has 1 aliphatic rings. The SMILES string of the molecule is CCC(CN)C(=O)NCC(C)(C)C1CCC1. The molecule has 16 heavy (non-hydrogen) atoms. The fraction of sp³-hybridized carbons (Fsp3) is 0.923. The van der Waals surface area contributed by atoms with Gasteiger partial charge in [0.05, 0.1) is 0 Å². The molecule has 1 unspecified atom stereocenters. The molecule has 1 amide bonds. The molecule has 1 saturated carbocycles. The molecule has 1 aliphatic carbocycles. The molecule has 1 fully saturated rings. The van der Waals surface area contributed by atoms with Crippen molar-refractivity contribution < 1.29 is 4.79 Å². The van der Waals surface area contributed by atoms with Crippen molar-refractivity contribution in [2.24, 2.45) is 23.0 Å². The lowest BCUT2D eigenvalue weighted by Gasteiger charge is -2.40. The average Bonchev–Trinajstić information content (AvgIpc) is 2.13. The van der Waals surface area contributed by atoms with Crippen molar-refractivity contribution in [3.63, 3.8) is 0 Å². The monoisotopic (exact) mass is 226 g/mol. The van der Waals surface area contributed by atoms with Crippen molar-refractivity contribution >= 4 is 5.91 Å². The molecule has 94 valence electrons. The normalized spacial score (nSPS) is 19.0. The molecular formula is C13H26N2O. The molecular weight excluding hydrogens is 200 g/mol. The molecule has 3 nitrogen and oxygen atoms in total. The number of amides is 1. The number of nitrogens with one attached hydrogen (secondary N) is 1. The van der Waals surface area contributed by atoms with Crippen LogP contribution in [0.5, 0.6) is 0 Å². The third-order valence-corrected chi connectivity index (χ3v) is 4.08. The molecule has 0 spiro atoms. The van der Waals surface area contributed by atoms with E-state index in [-0.39, 0.29) is 17.2 Å². The highest BCUT2D eigenvalue weighted by atomic mass is 16.1. The summed E-state index contributed by atoms with van der Waals surface area (Å²) >= 11 is 0. The standard InChI is InChI=1S/C13H26N2O/c1-4-10(8-14)12(16)15-9-13(2,3)11-6-5-7-11/h10-11H,4-9,14H2,1-3H3,(H,15,16). The highest BCUT2D eigenvalue weighted by Crippen LogP contribution is 2.41. The van der Waals surface area contributed by atoms with Gasteiger partial charge in [-0.1, -0.05) is 27.2 Å². The lowest BCUT2D eigenvalue weighted by molar-refractivity contribution is -0.125. The van der Waals surface area contributed by atoms with Crippen LogP contribution < -0.4 is 11.1 Å². The van der Waals surface area contributed by atoms with Gasteiger partial charge < -0.3 is 11.1 Å². The van der Waals surface area contributed by atoms with Crippen LogP contribution in [0.3, 0.4) is 0 Å². The topological polar surface area (TPSA) is 55.1 Å². The van der Waals surface area contributed by atoms with E-state index in [1.54, 1.807) is 0 Å². The Balaban J connectivity index is 2.34. The Morgan fingerprint density at radius 1 is 1.50 bits per heavy atom. The number of hydrogen-bond acceptors (Lipinski definition) is 2. The highest BCUT2D eigenvalue weighted by Gasteiger charge is 2.34. The molecule has 0 saturated heterocycles. The predicted octanol–water partition coefficient (Wildman–Crippen LogP) is 1.91. The Labute approximate surface area is 99.2 Å². The van der Waals surface area contributed by atoms with Crippen LogP contribution in [-0.4, -0.2) is 19.0 Å². The van der Waals surface area contributed by atoms with Gasteiger partial charge in [-0.15, -0.1) is 0 Å². The van der Waals surface area contributed by atoms with E-state index >= 15 is 0 Å². The molecule has 0 heterocycles. The van der Waals surface area contributed by atoms with Crippen molar-refractivity contribution in [2.75, 3.05) is 13.1 Å². The number of nitrogens with two attached hydrogens (primary N) is 1. The van der Waals surface area contributed by atoms with Crippen LogP contribution in [0.2, 0.25) is 0 Å². The van der Waals surface area contributed by atoms with Crippen LogP contribution in [0.4, 0.5) is 0 Å². The minimum Gasteiger partial charge on any atom is -0.355 e. The zero-order valence-electron chi connectivity index (χ0n) is 10.9. The molecule has 0 aromatic carbocycles. The minimum atomic E-state index is -0.0165. The smallest absolute Gasteiger partial charge is 0.224 e. The summed E-state index contributed by atoms with van der Waals surface area (Å²) in [6, 6.07) is 0. The molecule has 0 radical (unpaired) electrons. The Kier molecular flexibility index (Phi) is 4.78. The van der Waals surface area contributed by atoms with E-state index in [0.717, 1.165) is 18.9 Å². The second kappa shape index (κ2) is 5.67. The Hall–Kier alpha value is -0.570. The van der Waals surface area contributed by atoms with Gasteiger partial charge in [-0.2, -0.15) is 0 Å². The summed E-state index contributed by atoms with van der Waals surface area (Å²) in [5.41, 5.74) is 5.80. The molecule has 3 heteroatoms. The second-order valence-electron chi connectivity index (χ2n) is 5.68. The van der Waals surface area contributed by atoms with Gasteiger partial charge in [-0.25, -0.2) is 0 Å². The van der Waals surface area contributed by atoms with Crippen molar-refractivity contribution in [1.82, 2.24) is 5.32 Å². The first-order valence-electron chi connectivity index (χ1n) is 6.49. The van der Waals surface area contributed by atoms with Crippen LogP contribution in [0.25, 0.3) is 0 Å². The number of rotatable bonds is 6. The third-order valence-electron chi connectivity index (χ3n) is 4.08. The van der Waals surface area contributed by atoms with Gasteiger partial charge in [0.1, 0.15) is 0 Å². The van der Waals surface area contributed by atoms with Crippen molar-refractivity contribution in [3.05, 3.63) is 0 Å². The number of carbonyl (C=O) groups excluding carboxylic acids is 1. The van der Waals surface area contributed by atoms with Crippen LogP contribution in [0.1, 0.15) is 46.5 Å². The summed E-state index contributed by atoms with van der Waals surface area (Å²) in [5.74, 6) is 0.889. The van der Waals surface area contributed by atoms with Crippen molar-refractivity contribution in [2.45, 2.75) is 46.5 Å². The molecule has 0 bridgehead atoms. The Morgan fingerprint density at radius 2 is 2.12 bits per heavy atom. The minimum absolute atomic E-state index is 0.0165. The largest absolute Gasteiger partial charge is 0.355 e. The van der Waals surface area contributed by atoms with E-state index in [9.17, 15) is 4.79 Å². The molecule has 1 rings (SSSR count). The van der Waals surface area contributed by atoms with E-state index in [4.69, 9.17) is 5.73 Å². The summed E-state index contributed by atoms with van der Waals surface area (Å²) in [6.07, 6.45) is 4.81. The Bertz CT molecular complexity index is 230. The fourth-order valence-electron chi connectivity index (χ4n) is 2.25. The van der Waals surface area contributed by atoms with E-state index < -0.39 is 0 Å². The lowest BCUT2D eigenvalue weighted by atomic mass is 9.67. The fourth-order valence-corrected chi connectivity index (χ4v) is 2.25. The molecule has 3 N–H and O–H groups in total. The van der Waals surface area contributed by atoms with E-state index in [2.05, 4.69) is 19.2 Å². The Morgan fingerprint density at radius 3 is 2.50 bits per heavy atom. The quantitative estimate of drug-likeness (QED) is 0.727. The molecule has 0 aromatic heterocycles. The first-order chi connectivity index (χ1) is 7.51. The van der Waals surface area contributed by atoms with Crippen LogP contribution in [0.15, 0.2) is 0 Å². The summed E-state index contributed by atoms with van der Waals surface area (Å²) in [5, 5.41) is 3.06. The van der Waals surface area contributed by atoms with Gasteiger partial charge in [0.15, 0.2) is 0 Å². The maximum atomic E-state index is 11.8. The van der Waals surface area contributed by atoms with E-state index in [0.29, 0.717) is 6.54 Å². The first-order valence-corrected chi connectivity index (χ1v) is 6.49. The molecule has 0 aliphatic heterocycles. The van der Waals surface area contributed by atoms with E-state index in [1.807, 2.05) is 6.92 Å². The van der Waals surface area contributed by atoms with Gasteiger partial charge >= 0.3 is 0 Å². The van der Waals surface area contributed by atoms with Gasteiger partial charge in [0, 0.05) is 19.0 Å². The molecule has 0 aromatic rings. The highest BCUT2D eigenvalue weighted by molar-refractivity contribution is 5.78. The predicted molar refractivity (Wildman–Crippen MR) is 67.0 cm³/mol. The van der Waals surface area contributed by atoms with Crippen LogP contribution in [-0.2, 0) is 4.79 Å². The maximum Gasteiger partial charge on any atom is 0.224 e. The zero-order valence-corrected chi connectivity index (χ0v) is 10.9.